The Hall–Kier alpha value is -4.41. The Bertz CT molecular complexity index is 1840. The first-order valence-electron chi connectivity index (χ1n) is 16.3. The third-order valence-electron chi connectivity index (χ3n) is 8.91. The zero-order valence-corrected chi connectivity index (χ0v) is 28.4. The molecule has 2 aromatic heterocycles. The Morgan fingerprint density at radius 2 is 1.91 bits per heavy atom. The van der Waals surface area contributed by atoms with E-state index in [9.17, 15) is 9.59 Å². The number of ether oxygens (including phenoxy) is 1. The minimum absolute atomic E-state index is 0.0672. The van der Waals surface area contributed by atoms with Gasteiger partial charge in [0.05, 0.1) is 11.1 Å². The SMILES string of the molecule is C=CC(=O)N1CC=C(c2cn(COCC[Si](C)(C)C)c3ncnc(-c4ccc(CNC(=O)c5ccc(C6CC6)cc5)c(F)c4)c23)CC1. The van der Waals surface area contributed by atoms with Crippen molar-refractivity contribution in [2.24, 2.45) is 0 Å². The molecule has 0 radical (unpaired) electrons. The molecule has 0 unspecified atom stereocenters. The number of amides is 2. The summed E-state index contributed by atoms with van der Waals surface area (Å²) in [7, 11) is -1.25. The van der Waals surface area contributed by atoms with Crippen LogP contribution in [0.3, 0.4) is 0 Å². The van der Waals surface area contributed by atoms with Crippen LogP contribution in [0, 0.1) is 5.82 Å². The average molecular weight is 652 g/mol. The fraction of sp³-hybridized carbons (Fsp3) is 0.351. The summed E-state index contributed by atoms with van der Waals surface area (Å²) >= 11 is 0. The number of nitrogens with zero attached hydrogens (tertiary/aromatic N) is 4. The van der Waals surface area contributed by atoms with Gasteiger partial charge in [0, 0.05) is 62.8 Å². The van der Waals surface area contributed by atoms with Crippen LogP contribution in [0.25, 0.3) is 27.9 Å². The number of benzene rings is 2. The van der Waals surface area contributed by atoms with Gasteiger partial charge in [-0.05, 0) is 66.6 Å². The van der Waals surface area contributed by atoms with E-state index in [-0.39, 0.29) is 18.4 Å². The molecule has 6 rings (SSSR count). The van der Waals surface area contributed by atoms with Crippen molar-refractivity contribution in [3.63, 3.8) is 0 Å². The summed E-state index contributed by atoms with van der Waals surface area (Å²) in [5.74, 6) is -0.137. The first-order chi connectivity index (χ1) is 22.6. The lowest BCUT2D eigenvalue weighted by atomic mass is 9.96. The van der Waals surface area contributed by atoms with Crippen molar-refractivity contribution in [2.75, 3.05) is 19.7 Å². The molecule has 2 aromatic carbocycles. The minimum atomic E-state index is -1.25. The molecular weight excluding hydrogens is 610 g/mol. The molecule has 1 aliphatic carbocycles. The maximum absolute atomic E-state index is 15.6. The summed E-state index contributed by atoms with van der Waals surface area (Å²) in [4.78, 5) is 36.0. The quantitative estimate of drug-likeness (QED) is 0.0998. The summed E-state index contributed by atoms with van der Waals surface area (Å²) in [5.41, 5.74) is 6.15. The van der Waals surface area contributed by atoms with Crippen LogP contribution in [0.15, 0.2) is 73.7 Å². The van der Waals surface area contributed by atoms with Gasteiger partial charge in [-0.25, -0.2) is 14.4 Å². The van der Waals surface area contributed by atoms with Crippen LogP contribution in [0.2, 0.25) is 25.7 Å². The number of rotatable bonds is 12. The zero-order chi connectivity index (χ0) is 33.1. The molecule has 244 valence electrons. The van der Waals surface area contributed by atoms with E-state index in [4.69, 9.17) is 4.74 Å². The van der Waals surface area contributed by atoms with Crippen LogP contribution in [0.4, 0.5) is 4.39 Å². The van der Waals surface area contributed by atoms with Crippen LogP contribution >= 0.6 is 0 Å². The third-order valence-corrected chi connectivity index (χ3v) is 10.6. The van der Waals surface area contributed by atoms with Crippen LogP contribution in [0.1, 0.15) is 52.2 Å². The minimum Gasteiger partial charge on any atom is -0.361 e. The lowest BCUT2D eigenvalue weighted by molar-refractivity contribution is -0.125. The van der Waals surface area contributed by atoms with Gasteiger partial charge in [-0.3, -0.25) is 9.59 Å². The van der Waals surface area contributed by atoms with Gasteiger partial charge in [-0.15, -0.1) is 0 Å². The largest absolute Gasteiger partial charge is 0.361 e. The number of carbonyl (C=O) groups is 2. The van der Waals surface area contributed by atoms with Crippen molar-refractivity contribution < 1.29 is 18.7 Å². The monoisotopic (exact) mass is 651 g/mol. The smallest absolute Gasteiger partial charge is 0.251 e. The number of fused-ring (bicyclic) bond motifs is 1. The number of hydrogen-bond donors (Lipinski definition) is 1. The molecule has 10 heteroatoms. The van der Waals surface area contributed by atoms with Crippen LogP contribution in [-0.2, 0) is 22.8 Å². The molecule has 4 aromatic rings. The van der Waals surface area contributed by atoms with E-state index in [1.54, 1.807) is 11.0 Å². The van der Waals surface area contributed by atoms with Crippen molar-refractivity contribution >= 4 is 36.5 Å². The molecular formula is C37H42FN5O3Si. The Morgan fingerprint density at radius 3 is 2.57 bits per heavy atom. The second-order valence-corrected chi connectivity index (χ2v) is 19.3. The molecule has 47 heavy (non-hydrogen) atoms. The van der Waals surface area contributed by atoms with E-state index in [0.717, 1.165) is 22.6 Å². The number of carbonyl (C=O) groups excluding carboxylic acids is 2. The lowest BCUT2D eigenvalue weighted by Gasteiger charge is -2.25. The summed E-state index contributed by atoms with van der Waals surface area (Å²) in [6, 6.07) is 13.7. The Balaban J connectivity index is 1.26. The Labute approximate surface area is 276 Å². The molecule has 0 bridgehead atoms. The van der Waals surface area contributed by atoms with Gasteiger partial charge < -0.3 is 19.5 Å². The maximum Gasteiger partial charge on any atom is 0.251 e. The molecule has 3 heterocycles. The van der Waals surface area contributed by atoms with Crippen molar-refractivity contribution in [2.45, 2.75) is 64.1 Å². The molecule has 1 N–H and O–H groups in total. The predicted octanol–water partition coefficient (Wildman–Crippen LogP) is 7.16. The van der Waals surface area contributed by atoms with E-state index in [1.807, 2.05) is 41.1 Å². The normalized spacial score (nSPS) is 15.1. The van der Waals surface area contributed by atoms with Crippen LogP contribution in [-0.4, -0.2) is 59.0 Å². The van der Waals surface area contributed by atoms with Gasteiger partial charge in [0.2, 0.25) is 5.91 Å². The van der Waals surface area contributed by atoms with Crippen molar-refractivity contribution in [3.8, 4) is 11.3 Å². The molecule has 1 saturated carbocycles. The fourth-order valence-corrected chi connectivity index (χ4v) is 6.66. The predicted molar refractivity (Wildman–Crippen MR) is 186 cm³/mol. The standard InChI is InChI=1S/C37H42FN5O3Si/c1-5-33(44)42-16-14-27(15-17-42)31-22-43(24-46-18-19-47(2,3)4)36-34(31)35(40-23-41-36)29-12-13-30(32(38)20-29)21-39-37(45)28-10-8-26(9-11-28)25-6-7-25/h5,8-14,20,22-23,25H,1,6-7,15-19,21,24H2,2-4H3,(H,39,45). The van der Waals surface area contributed by atoms with E-state index in [0.29, 0.717) is 66.8 Å². The second-order valence-electron chi connectivity index (χ2n) is 13.6. The van der Waals surface area contributed by atoms with Gasteiger partial charge in [0.15, 0.2) is 0 Å². The highest BCUT2D eigenvalue weighted by atomic mass is 28.3. The summed E-state index contributed by atoms with van der Waals surface area (Å²) in [6.07, 6.45) is 9.99. The Kier molecular flexibility index (Phi) is 9.51. The molecule has 0 atom stereocenters. The van der Waals surface area contributed by atoms with Gasteiger partial charge in [-0.1, -0.05) is 56.6 Å². The van der Waals surface area contributed by atoms with E-state index < -0.39 is 13.9 Å². The first kappa shape index (κ1) is 32.5. The van der Waals surface area contributed by atoms with E-state index >= 15 is 4.39 Å². The fourth-order valence-electron chi connectivity index (χ4n) is 5.91. The molecule has 1 aliphatic heterocycles. The van der Waals surface area contributed by atoms with E-state index in [1.165, 1.54) is 36.9 Å². The molecule has 0 saturated heterocycles. The zero-order valence-electron chi connectivity index (χ0n) is 27.4. The maximum atomic E-state index is 15.6. The highest BCUT2D eigenvalue weighted by Crippen LogP contribution is 2.40. The highest BCUT2D eigenvalue weighted by Gasteiger charge is 2.24. The van der Waals surface area contributed by atoms with Crippen LogP contribution in [0.5, 0.6) is 0 Å². The summed E-state index contributed by atoms with van der Waals surface area (Å²) in [5, 5.41) is 3.66. The summed E-state index contributed by atoms with van der Waals surface area (Å²) < 4.78 is 23.7. The van der Waals surface area contributed by atoms with E-state index in [2.05, 4.69) is 47.6 Å². The van der Waals surface area contributed by atoms with Crippen molar-refractivity contribution in [1.29, 1.82) is 0 Å². The Morgan fingerprint density at radius 1 is 1.13 bits per heavy atom. The lowest BCUT2D eigenvalue weighted by Crippen LogP contribution is -2.33. The third kappa shape index (κ3) is 7.60. The van der Waals surface area contributed by atoms with Crippen molar-refractivity contribution in [1.82, 2.24) is 24.8 Å². The second kappa shape index (κ2) is 13.7. The van der Waals surface area contributed by atoms with Gasteiger partial charge in [0.25, 0.3) is 5.91 Å². The molecule has 0 spiro atoms. The van der Waals surface area contributed by atoms with Crippen LogP contribution < -0.4 is 5.32 Å². The topological polar surface area (TPSA) is 89.3 Å². The molecule has 2 aliphatic rings. The number of nitrogens with one attached hydrogen (secondary N) is 1. The number of hydrogen-bond acceptors (Lipinski definition) is 5. The highest BCUT2D eigenvalue weighted by molar-refractivity contribution is 6.76. The van der Waals surface area contributed by atoms with Crippen molar-refractivity contribution in [3.05, 3.63) is 102 Å². The van der Waals surface area contributed by atoms with Gasteiger partial charge in [0.1, 0.15) is 24.5 Å². The average Bonchev–Trinajstić information content (AvgIpc) is 3.86. The number of aromatic nitrogens is 3. The molecule has 1 fully saturated rings. The molecule has 2 amide bonds. The van der Waals surface area contributed by atoms with Gasteiger partial charge >= 0.3 is 0 Å². The summed E-state index contributed by atoms with van der Waals surface area (Å²) in [6.45, 7) is 12.7. The molecule has 8 nitrogen and oxygen atoms in total. The first-order valence-corrected chi connectivity index (χ1v) is 20.0. The number of halogens is 1. The van der Waals surface area contributed by atoms with Gasteiger partial charge in [-0.2, -0.15) is 0 Å².